The number of nitro benzene ring substituents is 1. The quantitative estimate of drug-likeness (QED) is 0.573. The standard InChI is InChI=1S/C9H10ClNO3/c1-2-3-14-9-5-7(10)4-8(6-9)11(12)13/h4-6H,2-3H2,1H3. The SMILES string of the molecule is CCCOc1cc(Cl)cc([N+](=O)[O-])c1. The van der Waals surface area contributed by atoms with Crippen LogP contribution in [-0.4, -0.2) is 11.5 Å². The lowest BCUT2D eigenvalue weighted by Crippen LogP contribution is -1.96. The molecular weight excluding hydrogens is 206 g/mol. The van der Waals surface area contributed by atoms with Gasteiger partial charge in [0.15, 0.2) is 0 Å². The maximum Gasteiger partial charge on any atom is 0.274 e. The lowest BCUT2D eigenvalue weighted by Gasteiger charge is -2.04. The molecular formula is C9H10ClNO3. The molecule has 14 heavy (non-hydrogen) atoms. The monoisotopic (exact) mass is 215 g/mol. The molecule has 0 aliphatic rings. The zero-order chi connectivity index (χ0) is 10.6. The van der Waals surface area contributed by atoms with Crippen molar-refractivity contribution in [1.29, 1.82) is 0 Å². The van der Waals surface area contributed by atoms with E-state index in [0.717, 1.165) is 6.42 Å². The van der Waals surface area contributed by atoms with Gasteiger partial charge in [0, 0.05) is 6.07 Å². The van der Waals surface area contributed by atoms with Crippen molar-refractivity contribution < 1.29 is 9.66 Å². The molecule has 0 bridgehead atoms. The van der Waals surface area contributed by atoms with E-state index < -0.39 is 4.92 Å². The van der Waals surface area contributed by atoms with Gasteiger partial charge in [-0.25, -0.2) is 0 Å². The summed E-state index contributed by atoms with van der Waals surface area (Å²) in [6.07, 6.45) is 0.848. The molecule has 0 saturated heterocycles. The van der Waals surface area contributed by atoms with Crippen molar-refractivity contribution in [1.82, 2.24) is 0 Å². The van der Waals surface area contributed by atoms with E-state index in [1.54, 1.807) is 6.07 Å². The summed E-state index contributed by atoms with van der Waals surface area (Å²) < 4.78 is 5.24. The molecule has 1 aromatic carbocycles. The van der Waals surface area contributed by atoms with Crippen molar-refractivity contribution in [3.05, 3.63) is 33.3 Å². The third-order valence-corrected chi connectivity index (χ3v) is 1.76. The fourth-order valence-electron chi connectivity index (χ4n) is 0.957. The minimum absolute atomic E-state index is 0.0522. The summed E-state index contributed by atoms with van der Waals surface area (Å²) in [6, 6.07) is 4.21. The molecule has 0 atom stereocenters. The third-order valence-electron chi connectivity index (χ3n) is 1.54. The smallest absolute Gasteiger partial charge is 0.274 e. The molecule has 0 fully saturated rings. The molecule has 76 valence electrons. The summed E-state index contributed by atoms with van der Waals surface area (Å²) in [5, 5.41) is 10.8. The highest BCUT2D eigenvalue weighted by atomic mass is 35.5. The molecule has 0 heterocycles. The number of benzene rings is 1. The average Bonchev–Trinajstić information content (AvgIpc) is 2.14. The fourth-order valence-corrected chi connectivity index (χ4v) is 1.18. The van der Waals surface area contributed by atoms with E-state index in [1.165, 1.54) is 12.1 Å². The molecule has 0 aliphatic heterocycles. The Morgan fingerprint density at radius 3 is 2.79 bits per heavy atom. The number of halogens is 1. The Hall–Kier alpha value is -1.29. The van der Waals surface area contributed by atoms with Crippen LogP contribution in [0.1, 0.15) is 13.3 Å². The summed E-state index contributed by atoms with van der Waals surface area (Å²) in [7, 11) is 0. The van der Waals surface area contributed by atoms with E-state index in [0.29, 0.717) is 17.4 Å². The third kappa shape index (κ3) is 2.88. The molecule has 0 aliphatic carbocycles. The maximum atomic E-state index is 10.5. The first-order valence-corrected chi connectivity index (χ1v) is 4.59. The van der Waals surface area contributed by atoms with Crippen molar-refractivity contribution in [3.8, 4) is 5.75 Å². The molecule has 1 aromatic rings. The van der Waals surface area contributed by atoms with Gasteiger partial charge >= 0.3 is 0 Å². The molecule has 1 rings (SSSR count). The van der Waals surface area contributed by atoms with Gasteiger partial charge < -0.3 is 4.74 Å². The lowest BCUT2D eigenvalue weighted by atomic mass is 10.3. The van der Waals surface area contributed by atoms with Crippen LogP contribution in [0.2, 0.25) is 5.02 Å². The van der Waals surface area contributed by atoms with Crippen molar-refractivity contribution in [2.75, 3.05) is 6.61 Å². The van der Waals surface area contributed by atoms with Gasteiger partial charge in [-0.2, -0.15) is 0 Å². The van der Waals surface area contributed by atoms with E-state index in [-0.39, 0.29) is 5.69 Å². The van der Waals surface area contributed by atoms with Crippen molar-refractivity contribution in [2.45, 2.75) is 13.3 Å². The van der Waals surface area contributed by atoms with E-state index >= 15 is 0 Å². The zero-order valence-corrected chi connectivity index (χ0v) is 8.45. The van der Waals surface area contributed by atoms with Gasteiger partial charge in [0.1, 0.15) is 5.75 Å². The normalized spacial score (nSPS) is 9.86. The molecule has 0 radical (unpaired) electrons. The van der Waals surface area contributed by atoms with Crippen LogP contribution in [0, 0.1) is 10.1 Å². The second-order valence-corrected chi connectivity index (χ2v) is 3.19. The first kappa shape index (κ1) is 10.8. The van der Waals surface area contributed by atoms with Gasteiger partial charge in [-0.05, 0) is 12.5 Å². The number of nitro groups is 1. The highest BCUT2D eigenvalue weighted by Gasteiger charge is 2.09. The number of hydrogen-bond donors (Lipinski definition) is 0. The maximum absolute atomic E-state index is 10.5. The molecule has 0 N–H and O–H groups in total. The summed E-state index contributed by atoms with van der Waals surface area (Å²) in [4.78, 5) is 9.98. The van der Waals surface area contributed by atoms with Crippen LogP contribution in [0.4, 0.5) is 5.69 Å². The minimum atomic E-state index is -0.495. The first-order valence-electron chi connectivity index (χ1n) is 4.21. The van der Waals surface area contributed by atoms with Crippen LogP contribution in [0.5, 0.6) is 5.75 Å². The first-order chi connectivity index (χ1) is 6.63. The Morgan fingerprint density at radius 1 is 1.50 bits per heavy atom. The molecule has 4 nitrogen and oxygen atoms in total. The molecule has 0 spiro atoms. The number of non-ortho nitro benzene ring substituents is 1. The van der Waals surface area contributed by atoms with E-state index in [2.05, 4.69) is 0 Å². The Bertz CT molecular complexity index is 341. The van der Waals surface area contributed by atoms with Crippen molar-refractivity contribution in [3.63, 3.8) is 0 Å². The molecule has 0 aromatic heterocycles. The fraction of sp³-hybridized carbons (Fsp3) is 0.333. The topological polar surface area (TPSA) is 52.4 Å². The highest BCUT2D eigenvalue weighted by Crippen LogP contribution is 2.25. The van der Waals surface area contributed by atoms with E-state index in [9.17, 15) is 10.1 Å². The van der Waals surface area contributed by atoms with Gasteiger partial charge in [-0.1, -0.05) is 18.5 Å². The van der Waals surface area contributed by atoms with Crippen molar-refractivity contribution >= 4 is 17.3 Å². The predicted molar refractivity (Wildman–Crippen MR) is 53.9 cm³/mol. The van der Waals surface area contributed by atoms with Crippen LogP contribution < -0.4 is 4.74 Å². The average molecular weight is 216 g/mol. The summed E-state index contributed by atoms with van der Waals surface area (Å²) >= 11 is 5.69. The Morgan fingerprint density at radius 2 is 2.21 bits per heavy atom. The number of hydrogen-bond acceptors (Lipinski definition) is 3. The van der Waals surface area contributed by atoms with Gasteiger partial charge in [-0.3, -0.25) is 10.1 Å². The molecule has 0 unspecified atom stereocenters. The van der Waals surface area contributed by atoms with Crippen molar-refractivity contribution in [2.24, 2.45) is 0 Å². The number of ether oxygens (including phenoxy) is 1. The van der Waals surface area contributed by atoms with E-state index in [4.69, 9.17) is 16.3 Å². The largest absolute Gasteiger partial charge is 0.493 e. The molecule has 5 heteroatoms. The lowest BCUT2D eigenvalue weighted by molar-refractivity contribution is -0.384. The Kier molecular flexibility index (Phi) is 3.71. The summed E-state index contributed by atoms with van der Waals surface area (Å²) in [6.45, 7) is 2.48. The van der Waals surface area contributed by atoms with Crippen LogP contribution >= 0.6 is 11.6 Å². The second kappa shape index (κ2) is 4.81. The minimum Gasteiger partial charge on any atom is -0.493 e. The van der Waals surface area contributed by atoms with E-state index in [1.807, 2.05) is 6.92 Å². The van der Waals surface area contributed by atoms with Gasteiger partial charge in [0.25, 0.3) is 5.69 Å². The van der Waals surface area contributed by atoms with Gasteiger partial charge in [0.2, 0.25) is 0 Å². The zero-order valence-electron chi connectivity index (χ0n) is 7.70. The van der Waals surface area contributed by atoms with Crippen LogP contribution in [-0.2, 0) is 0 Å². The Labute approximate surface area is 86.6 Å². The number of rotatable bonds is 4. The molecule has 0 saturated carbocycles. The Balaban J connectivity index is 2.89. The second-order valence-electron chi connectivity index (χ2n) is 2.75. The summed E-state index contributed by atoms with van der Waals surface area (Å²) in [5.74, 6) is 0.436. The van der Waals surface area contributed by atoms with Crippen LogP contribution in [0.15, 0.2) is 18.2 Å². The van der Waals surface area contributed by atoms with Gasteiger partial charge in [-0.15, -0.1) is 0 Å². The molecule has 0 amide bonds. The number of nitrogens with zero attached hydrogens (tertiary/aromatic N) is 1. The summed E-state index contributed by atoms with van der Waals surface area (Å²) in [5.41, 5.74) is -0.0522. The highest BCUT2D eigenvalue weighted by molar-refractivity contribution is 6.30. The van der Waals surface area contributed by atoms with Gasteiger partial charge in [0.05, 0.1) is 22.6 Å². The predicted octanol–water partition coefficient (Wildman–Crippen LogP) is 3.04. The van der Waals surface area contributed by atoms with Crippen LogP contribution in [0.25, 0.3) is 0 Å². The van der Waals surface area contributed by atoms with Crippen LogP contribution in [0.3, 0.4) is 0 Å².